The minimum Gasteiger partial charge on any atom is -0.507 e. The summed E-state index contributed by atoms with van der Waals surface area (Å²) >= 11 is 0. The van der Waals surface area contributed by atoms with Crippen molar-refractivity contribution in [1.29, 1.82) is 0 Å². The van der Waals surface area contributed by atoms with Crippen molar-refractivity contribution >= 4 is 6.21 Å². The number of ether oxygens (including phenoxy) is 2. The molecule has 3 rings (SSSR count). The molecule has 5 nitrogen and oxygen atoms in total. The number of methoxy groups -OCH3 is 2. The molecule has 0 amide bonds. The molecule has 0 saturated carbocycles. The first kappa shape index (κ1) is 21.4. The minimum absolute atomic E-state index is 0.173. The largest absolute Gasteiger partial charge is 0.507 e. The Morgan fingerprint density at radius 3 is 1.93 bits per heavy atom. The molecule has 0 aliphatic rings. The van der Waals surface area contributed by atoms with Gasteiger partial charge in [0.05, 0.1) is 20.3 Å². The van der Waals surface area contributed by atoms with E-state index in [2.05, 4.69) is 4.99 Å². The summed E-state index contributed by atoms with van der Waals surface area (Å²) < 4.78 is 11.1. The van der Waals surface area contributed by atoms with Gasteiger partial charge in [0.2, 0.25) is 0 Å². The van der Waals surface area contributed by atoms with Crippen molar-refractivity contribution in [2.24, 2.45) is 4.99 Å². The molecule has 0 bridgehead atoms. The summed E-state index contributed by atoms with van der Waals surface area (Å²) in [6, 6.07) is 19.5. The number of aliphatic imine (C=N–C) groups is 1. The van der Waals surface area contributed by atoms with Crippen molar-refractivity contribution in [1.82, 2.24) is 0 Å². The first-order chi connectivity index (χ1) is 14.4. The first-order valence-corrected chi connectivity index (χ1v) is 9.74. The average molecular weight is 405 g/mol. The van der Waals surface area contributed by atoms with Crippen LogP contribution in [0.3, 0.4) is 0 Å². The molecule has 0 fully saturated rings. The Balaban J connectivity index is 2.16. The quantitative estimate of drug-likeness (QED) is 0.569. The van der Waals surface area contributed by atoms with Gasteiger partial charge < -0.3 is 19.7 Å². The Bertz CT molecular complexity index is 997. The number of para-hydroxylation sites is 3. The third-order valence-corrected chi connectivity index (χ3v) is 5.35. The maximum Gasteiger partial charge on any atom is 0.144 e. The van der Waals surface area contributed by atoms with E-state index >= 15 is 0 Å². The van der Waals surface area contributed by atoms with Crippen molar-refractivity contribution in [3.63, 3.8) is 0 Å². The van der Waals surface area contributed by atoms with Crippen LogP contribution < -0.4 is 9.47 Å². The lowest BCUT2D eigenvalue weighted by molar-refractivity contribution is 0.0538. The third kappa shape index (κ3) is 3.89. The van der Waals surface area contributed by atoms with Crippen LogP contribution in [0.4, 0.5) is 0 Å². The molecule has 0 heterocycles. The summed E-state index contributed by atoms with van der Waals surface area (Å²) in [5, 5.41) is 22.4. The monoisotopic (exact) mass is 405 g/mol. The van der Waals surface area contributed by atoms with Crippen LogP contribution in [0.15, 0.2) is 71.7 Å². The number of hydrogen-bond acceptors (Lipinski definition) is 5. The van der Waals surface area contributed by atoms with E-state index in [0.29, 0.717) is 28.2 Å². The number of aryl methyl sites for hydroxylation is 1. The SMILES string of the molecule is COc1ccccc1C(O)(c1ccccc1OC)[C@@H](C)N=Cc1cccc(C)c1O. The second kappa shape index (κ2) is 9.01. The fourth-order valence-corrected chi connectivity index (χ4v) is 3.60. The zero-order valence-corrected chi connectivity index (χ0v) is 17.7. The fourth-order valence-electron chi connectivity index (χ4n) is 3.60. The summed E-state index contributed by atoms with van der Waals surface area (Å²) in [7, 11) is 3.14. The van der Waals surface area contributed by atoms with E-state index in [4.69, 9.17) is 9.47 Å². The molecule has 0 radical (unpaired) electrons. The molecular weight excluding hydrogens is 378 g/mol. The van der Waals surface area contributed by atoms with E-state index < -0.39 is 11.6 Å². The lowest BCUT2D eigenvalue weighted by Crippen LogP contribution is -2.38. The Labute approximate surface area is 177 Å². The summed E-state index contributed by atoms with van der Waals surface area (Å²) in [4.78, 5) is 4.63. The van der Waals surface area contributed by atoms with Gasteiger partial charge in [-0.3, -0.25) is 4.99 Å². The summed E-state index contributed by atoms with van der Waals surface area (Å²) in [5.41, 5.74) is 0.973. The number of nitrogens with zero attached hydrogens (tertiary/aromatic N) is 1. The van der Waals surface area contributed by atoms with E-state index in [1.807, 2.05) is 62.4 Å². The van der Waals surface area contributed by atoms with Gasteiger partial charge in [-0.1, -0.05) is 48.5 Å². The summed E-state index contributed by atoms with van der Waals surface area (Å²) in [6.07, 6.45) is 1.59. The van der Waals surface area contributed by atoms with Crippen molar-refractivity contribution in [2.45, 2.75) is 25.5 Å². The van der Waals surface area contributed by atoms with Crippen LogP contribution in [0.5, 0.6) is 17.2 Å². The molecule has 0 aromatic heterocycles. The number of rotatable bonds is 7. The third-order valence-electron chi connectivity index (χ3n) is 5.35. The molecule has 30 heavy (non-hydrogen) atoms. The molecule has 0 saturated heterocycles. The molecule has 0 spiro atoms. The van der Waals surface area contributed by atoms with Crippen LogP contribution in [-0.4, -0.2) is 36.7 Å². The highest BCUT2D eigenvalue weighted by Crippen LogP contribution is 2.43. The molecule has 2 N–H and O–H groups in total. The molecule has 3 aromatic carbocycles. The van der Waals surface area contributed by atoms with Crippen LogP contribution in [-0.2, 0) is 5.60 Å². The minimum atomic E-state index is -1.53. The van der Waals surface area contributed by atoms with E-state index in [9.17, 15) is 10.2 Å². The van der Waals surface area contributed by atoms with Gasteiger partial charge in [0.25, 0.3) is 0 Å². The Kier molecular flexibility index (Phi) is 6.43. The van der Waals surface area contributed by atoms with Crippen LogP contribution in [0.25, 0.3) is 0 Å². The standard InChI is InChI=1S/C25H27NO4/c1-17-10-9-11-19(24(17)27)16-26-18(2)25(28,20-12-5-7-14-22(20)29-3)21-13-6-8-15-23(21)30-4/h5-16,18,27-28H,1-4H3/t18-/m1/s1. The zero-order valence-electron chi connectivity index (χ0n) is 17.7. The van der Waals surface area contributed by atoms with E-state index in [1.165, 1.54) is 0 Å². The number of phenols is 1. The van der Waals surface area contributed by atoms with Crippen LogP contribution in [0.2, 0.25) is 0 Å². The number of hydrogen-bond donors (Lipinski definition) is 2. The lowest BCUT2D eigenvalue weighted by Gasteiger charge is -2.35. The van der Waals surface area contributed by atoms with Crippen molar-refractivity contribution in [3.05, 3.63) is 89.0 Å². The van der Waals surface area contributed by atoms with Crippen LogP contribution in [0, 0.1) is 6.92 Å². The van der Waals surface area contributed by atoms with E-state index in [0.717, 1.165) is 5.56 Å². The van der Waals surface area contributed by atoms with E-state index in [1.54, 1.807) is 38.6 Å². The molecule has 156 valence electrons. The number of aromatic hydroxyl groups is 1. The number of aliphatic hydroxyl groups is 1. The van der Waals surface area contributed by atoms with Gasteiger partial charge in [0.15, 0.2) is 0 Å². The first-order valence-electron chi connectivity index (χ1n) is 9.74. The predicted octanol–water partition coefficient (Wildman–Crippen LogP) is 4.46. The van der Waals surface area contributed by atoms with Crippen molar-refractivity contribution in [2.75, 3.05) is 14.2 Å². The van der Waals surface area contributed by atoms with Crippen molar-refractivity contribution < 1.29 is 19.7 Å². The smallest absolute Gasteiger partial charge is 0.144 e. The van der Waals surface area contributed by atoms with E-state index in [-0.39, 0.29) is 5.75 Å². The van der Waals surface area contributed by atoms with Crippen LogP contribution >= 0.6 is 0 Å². The number of benzene rings is 3. The van der Waals surface area contributed by atoms with Crippen LogP contribution in [0.1, 0.15) is 29.2 Å². The molecule has 0 unspecified atom stereocenters. The lowest BCUT2D eigenvalue weighted by atomic mass is 9.80. The topological polar surface area (TPSA) is 71.3 Å². The van der Waals surface area contributed by atoms with Gasteiger partial charge in [0.1, 0.15) is 22.8 Å². The normalized spacial score (nSPS) is 12.7. The van der Waals surface area contributed by atoms with Gasteiger partial charge >= 0.3 is 0 Å². The molecule has 0 aliphatic heterocycles. The van der Waals surface area contributed by atoms with Gasteiger partial charge in [-0.15, -0.1) is 0 Å². The zero-order chi connectivity index (χ0) is 21.7. The highest BCUT2D eigenvalue weighted by molar-refractivity contribution is 5.84. The second-order valence-corrected chi connectivity index (χ2v) is 7.13. The highest BCUT2D eigenvalue weighted by atomic mass is 16.5. The predicted molar refractivity (Wildman–Crippen MR) is 119 cm³/mol. The maximum absolute atomic E-state index is 12.1. The molecule has 1 atom stereocenters. The average Bonchev–Trinajstić information content (AvgIpc) is 2.79. The van der Waals surface area contributed by atoms with Gasteiger partial charge in [-0.2, -0.15) is 0 Å². The Hall–Kier alpha value is -3.31. The fraction of sp³-hybridized carbons (Fsp3) is 0.240. The van der Waals surface area contributed by atoms with Crippen molar-refractivity contribution in [3.8, 4) is 17.2 Å². The Morgan fingerprint density at radius 1 is 0.867 bits per heavy atom. The number of phenolic OH excluding ortho intramolecular Hbond substituents is 1. The summed E-state index contributed by atoms with van der Waals surface area (Å²) in [6.45, 7) is 3.65. The van der Waals surface area contributed by atoms with Gasteiger partial charge in [0, 0.05) is 22.9 Å². The second-order valence-electron chi connectivity index (χ2n) is 7.13. The molecule has 3 aromatic rings. The highest BCUT2D eigenvalue weighted by Gasteiger charge is 2.42. The summed E-state index contributed by atoms with van der Waals surface area (Å²) in [5.74, 6) is 1.27. The maximum atomic E-state index is 12.1. The molecular formula is C25H27NO4. The Morgan fingerprint density at radius 2 is 1.40 bits per heavy atom. The molecule has 0 aliphatic carbocycles. The van der Waals surface area contributed by atoms with Gasteiger partial charge in [-0.25, -0.2) is 0 Å². The molecule has 5 heteroatoms. The van der Waals surface area contributed by atoms with Gasteiger partial charge in [-0.05, 0) is 37.6 Å².